The number of anilines is 1. The molecule has 0 aliphatic rings. The molecule has 0 radical (unpaired) electrons. The number of benzene rings is 2. The molecule has 0 bridgehead atoms. The molecular formula is C15H11F2N3O. The molecular weight excluding hydrogens is 276 g/mol. The zero-order valence-electron chi connectivity index (χ0n) is 10.9. The van der Waals surface area contributed by atoms with Gasteiger partial charge in [-0.05, 0) is 29.8 Å². The van der Waals surface area contributed by atoms with Crippen LogP contribution in [-0.4, -0.2) is 10.1 Å². The second-order valence-corrected chi connectivity index (χ2v) is 4.52. The van der Waals surface area contributed by atoms with E-state index in [4.69, 9.17) is 10.3 Å². The third-order valence-electron chi connectivity index (χ3n) is 3.00. The zero-order chi connectivity index (χ0) is 14.8. The Morgan fingerprint density at radius 1 is 1.10 bits per heavy atom. The summed E-state index contributed by atoms with van der Waals surface area (Å²) < 4.78 is 31.6. The molecule has 1 aromatic heterocycles. The van der Waals surface area contributed by atoms with Crippen LogP contribution in [-0.2, 0) is 6.42 Å². The summed E-state index contributed by atoms with van der Waals surface area (Å²) in [4.78, 5) is 4.16. The van der Waals surface area contributed by atoms with Gasteiger partial charge in [0.1, 0.15) is 11.6 Å². The fourth-order valence-electron chi connectivity index (χ4n) is 1.99. The van der Waals surface area contributed by atoms with E-state index >= 15 is 0 Å². The number of nitrogens with two attached hydrogens (primary N) is 1. The van der Waals surface area contributed by atoms with Crippen molar-refractivity contribution in [2.45, 2.75) is 6.42 Å². The quantitative estimate of drug-likeness (QED) is 0.751. The predicted octanol–water partition coefficient (Wildman–Crippen LogP) is 3.19. The summed E-state index contributed by atoms with van der Waals surface area (Å²) in [5, 5.41) is 3.80. The van der Waals surface area contributed by atoms with E-state index in [2.05, 4.69) is 10.1 Å². The summed E-state index contributed by atoms with van der Waals surface area (Å²) in [6.07, 6.45) is 0.316. The molecule has 106 valence electrons. The van der Waals surface area contributed by atoms with Crippen molar-refractivity contribution in [3.63, 3.8) is 0 Å². The minimum atomic E-state index is -0.544. The number of para-hydroxylation sites is 1. The Hall–Kier alpha value is -2.76. The van der Waals surface area contributed by atoms with Gasteiger partial charge in [-0.1, -0.05) is 23.4 Å². The second kappa shape index (κ2) is 5.32. The molecule has 0 saturated carbocycles. The standard InChI is InChI=1S/C15H11F2N3O/c16-10-4-1-3-9(7-10)8-13-19-15(21-20-13)11-5-2-6-12(17)14(11)18/h1-7H,8,18H2. The first-order valence-corrected chi connectivity index (χ1v) is 6.25. The van der Waals surface area contributed by atoms with E-state index in [1.807, 2.05) is 0 Å². The number of nitrogen functional groups attached to an aromatic ring is 1. The average Bonchev–Trinajstić information content (AvgIpc) is 2.90. The van der Waals surface area contributed by atoms with Gasteiger partial charge in [-0.15, -0.1) is 0 Å². The summed E-state index contributed by atoms with van der Waals surface area (Å²) in [6.45, 7) is 0. The molecule has 4 nitrogen and oxygen atoms in total. The lowest BCUT2D eigenvalue weighted by Crippen LogP contribution is -1.95. The topological polar surface area (TPSA) is 64.9 Å². The van der Waals surface area contributed by atoms with Crippen LogP contribution in [0.25, 0.3) is 11.5 Å². The number of aromatic nitrogens is 2. The van der Waals surface area contributed by atoms with Crippen molar-refractivity contribution in [2.75, 3.05) is 5.73 Å². The van der Waals surface area contributed by atoms with E-state index in [1.54, 1.807) is 18.2 Å². The molecule has 0 unspecified atom stereocenters. The Morgan fingerprint density at radius 3 is 2.71 bits per heavy atom. The first-order chi connectivity index (χ1) is 10.1. The molecule has 1 heterocycles. The van der Waals surface area contributed by atoms with E-state index in [0.29, 0.717) is 17.8 Å². The number of hydrogen-bond acceptors (Lipinski definition) is 4. The number of hydrogen-bond donors (Lipinski definition) is 1. The van der Waals surface area contributed by atoms with E-state index in [9.17, 15) is 8.78 Å². The first-order valence-electron chi connectivity index (χ1n) is 6.25. The van der Waals surface area contributed by atoms with Gasteiger partial charge in [0.15, 0.2) is 5.82 Å². The van der Waals surface area contributed by atoms with Crippen LogP contribution in [0.1, 0.15) is 11.4 Å². The Bertz CT molecular complexity index is 786. The fourth-order valence-corrected chi connectivity index (χ4v) is 1.99. The lowest BCUT2D eigenvalue weighted by atomic mass is 10.1. The Balaban J connectivity index is 1.88. The minimum absolute atomic E-state index is 0.0431. The number of nitrogens with zero attached hydrogens (tertiary/aromatic N) is 2. The van der Waals surface area contributed by atoms with Crippen LogP contribution < -0.4 is 5.73 Å². The van der Waals surface area contributed by atoms with Crippen molar-refractivity contribution in [3.8, 4) is 11.5 Å². The van der Waals surface area contributed by atoms with Crippen molar-refractivity contribution in [1.29, 1.82) is 0 Å². The molecule has 2 N–H and O–H groups in total. The van der Waals surface area contributed by atoms with Crippen LogP contribution in [0.4, 0.5) is 14.5 Å². The highest BCUT2D eigenvalue weighted by Gasteiger charge is 2.14. The largest absolute Gasteiger partial charge is 0.396 e. The van der Waals surface area contributed by atoms with Crippen molar-refractivity contribution in [3.05, 3.63) is 65.5 Å². The van der Waals surface area contributed by atoms with Gasteiger partial charge in [0.2, 0.25) is 0 Å². The van der Waals surface area contributed by atoms with Gasteiger partial charge in [-0.25, -0.2) is 8.78 Å². The van der Waals surface area contributed by atoms with Gasteiger partial charge in [-0.3, -0.25) is 0 Å². The van der Waals surface area contributed by atoms with Crippen LogP contribution in [0.5, 0.6) is 0 Å². The monoisotopic (exact) mass is 287 g/mol. The molecule has 0 atom stereocenters. The smallest absolute Gasteiger partial charge is 0.260 e. The van der Waals surface area contributed by atoms with Crippen LogP contribution >= 0.6 is 0 Å². The Morgan fingerprint density at radius 2 is 1.90 bits per heavy atom. The lowest BCUT2D eigenvalue weighted by molar-refractivity contribution is 0.424. The molecule has 0 fully saturated rings. The molecule has 3 aromatic rings. The molecule has 0 spiro atoms. The maximum absolute atomic E-state index is 13.4. The maximum Gasteiger partial charge on any atom is 0.260 e. The highest BCUT2D eigenvalue weighted by Crippen LogP contribution is 2.26. The highest BCUT2D eigenvalue weighted by molar-refractivity contribution is 5.70. The highest BCUT2D eigenvalue weighted by atomic mass is 19.1. The summed E-state index contributed by atoms with van der Waals surface area (Å²) in [6, 6.07) is 10.5. The molecule has 0 saturated heterocycles. The lowest BCUT2D eigenvalue weighted by Gasteiger charge is -2.00. The van der Waals surface area contributed by atoms with Crippen molar-refractivity contribution in [1.82, 2.24) is 10.1 Å². The first kappa shape index (κ1) is 13.2. The SMILES string of the molecule is Nc1c(F)cccc1-c1nc(Cc2cccc(F)c2)no1. The maximum atomic E-state index is 13.4. The third kappa shape index (κ3) is 2.74. The average molecular weight is 287 g/mol. The van der Waals surface area contributed by atoms with Crippen molar-refractivity contribution >= 4 is 5.69 Å². The molecule has 21 heavy (non-hydrogen) atoms. The Kier molecular flexibility index (Phi) is 3.35. The number of halogens is 2. The van der Waals surface area contributed by atoms with Crippen LogP contribution in [0, 0.1) is 11.6 Å². The van der Waals surface area contributed by atoms with E-state index in [0.717, 1.165) is 5.56 Å². The second-order valence-electron chi connectivity index (χ2n) is 4.52. The van der Waals surface area contributed by atoms with E-state index in [-0.39, 0.29) is 17.4 Å². The summed E-state index contributed by atoms with van der Waals surface area (Å²) >= 11 is 0. The van der Waals surface area contributed by atoms with Crippen molar-refractivity contribution in [2.24, 2.45) is 0 Å². The molecule has 0 amide bonds. The van der Waals surface area contributed by atoms with Gasteiger partial charge in [0.25, 0.3) is 5.89 Å². The van der Waals surface area contributed by atoms with Gasteiger partial charge >= 0.3 is 0 Å². The van der Waals surface area contributed by atoms with Crippen LogP contribution in [0.15, 0.2) is 47.0 Å². The fraction of sp³-hybridized carbons (Fsp3) is 0.0667. The van der Waals surface area contributed by atoms with Crippen LogP contribution in [0.2, 0.25) is 0 Å². The normalized spacial score (nSPS) is 10.8. The number of rotatable bonds is 3. The predicted molar refractivity (Wildman–Crippen MR) is 73.3 cm³/mol. The van der Waals surface area contributed by atoms with Crippen LogP contribution in [0.3, 0.4) is 0 Å². The van der Waals surface area contributed by atoms with Gasteiger partial charge in [-0.2, -0.15) is 4.98 Å². The summed E-state index contributed by atoms with van der Waals surface area (Å²) in [7, 11) is 0. The summed E-state index contributed by atoms with van der Waals surface area (Å²) in [5.41, 5.74) is 6.66. The van der Waals surface area contributed by atoms with Gasteiger partial charge in [0.05, 0.1) is 11.3 Å². The Labute approximate surface area is 119 Å². The minimum Gasteiger partial charge on any atom is -0.396 e. The van der Waals surface area contributed by atoms with E-state index in [1.165, 1.54) is 24.3 Å². The molecule has 0 aliphatic heterocycles. The van der Waals surface area contributed by atoms with Gasteiger partial charge in [0, 0.05) is 6.42 Å². The molecule has 2 aromatic carbocycles. The molecule has 0 aliphatic carbocycles. The molecule has 3 rings (SSSR count). The third-order valence-corrected chi connectivity index (χ3v) is 3.00. The zero-order valence-corrected chi connectivity index (χ0v) is 10.9. The van der Waals surface area contributed by atoms with Crippen molar-refractivity contribution < 1.29 is 13.3 Å². The molecule has 6 heteroatoms. The summed E-state index contributed by atoms with van der Waals surface area (Å²) in [5.74, 6) is -0.361. The van der Waals surface area contributed by atoms with Gasteiger partial charge < -0.3 is 10.3 Å². The van der Waals surface area contributed by atoms with E-state index < -0.39 is 5.82 Å².